The zero-order chi connectivity index (χ0) is 30.6. The molecule has 6 rings (SSSR count). The normalized spacial score (nSPS) is 18.8. The van der Waals surface area contributed by atoms with Crippen molar-refractivity contribution in [2.45, 2.75) is 38.8 Å². The number of benzene rings is 2. The van der Waals surface area contributed by atoms with Gasteiger partial charge in [-0.15, -0.1) is 11.3 Å². The average Bonchev–Trinajstić information content (AvgIpc) is 3.73. The van der Waals surface area contributed by atoms with E-state index in [1.165, 1.54) is 17.0 Å². The summed E-state index contributed by atoms with van der Waals surface area (Å²) in [5, 5.41) is 1.96. The smallest absolute Gasteiger partial charge is 0.255 e. The molecule has 3 aliphatic heterocycles. The van der Waals surface area contributed by atoms with Crippen molar-refractivity contribution < 1.29 is 19.1 Å². The second-order valence-corrected chi connectivity index (χ2v) is 13.1. The van der Waals surface area contributed by atoms with Crippen molar-refractivity contribution in [1.82, 2.24) is 14.7 Å². The molecule has 8 nitrogen and oxygen atoms in total. The number of hydrogen-bond donors (Lipinski definition) is 0. The number of piperidine rings is 1. The molecule has 2 saturated heterocycles. The van der Waals surface area contributed by atoms with Crippen LogP contribution in [0, 0.1) is 5.92 Å². The molecule has 0 radical (unpaired) electrons. The number of methoxy groups -OCH3 is 2. The lowest BCUT2D eigenvalue weighted by molar-refractivity contribution is 0.0641. The first-order chi connectivity index (χ1) is 21.5. The number of nitrogens with zero attached hydrogens (tertiary/aromatic N) is 4. The Morgan fingerprint density at radius 3 is 2.39 bits per heavy atom. The summed E-state index contributed by atoms with van der Waals surface area (Å²) in [5.41, 5.74) is 4.24. The number of hydrogen-bond acceptors (Lipinski definition) is 8. The molecule has 3 aliphatic rings. The Hall–Kier alpha value is -3.40. The molecule has 0 aliphatic carbocycles. The van der Waals surface area contributed by atoms with E-state index in [-0.39, 0.29) is 17.7 Å². The highest BCUT2D eigenvalue weighted by Crippen LogP contribution is 2.42. The van der Waals surface area contributed by atoms with Crippen molar-refractivity contribution in [3.63, 3.8) is 0 Å². The van der Waals surface area contributed by atoms with Gasteiger partial charge in [-0.1, -0.05) is 25.1 Å². The molecular weight excluding hydrogens is 572 g/mol. The van der Waals surface area contributed by atoms with Gasteiger partial charge in [-0.2, -0.15) is 0 Å². The van der Waals surface area contributed by atoms with Crippen LogP contribution in [0.2, 0.25) is 0 Å². The van der Waals surface area contributed by atoms with E-state index in [2.05, 4.69) is 38.7 Å². The fraction of sp³-hybridized carbons (Fsp3) is 0.486. The lowest BCUT2D eigenvalue weighted by Gasteiger charge is -2.37. The number of ether oxygens (including phenoxy) is 2. The molecule has 0 N–H and O–H groups in total. The van der Waals surface area contributed by atoms with Gasteiger partial charge in [0.25, 0.3) is 5.91 Å². The van der Waals surface area contributed by atoms with E-state index in [9.17, 15) is 9.59 Å². The quantitative estimate of drug-likeness (QED) is 0.260. The Bertz CT molecular complexity index is 1440. The third-order valence-corrected chi connectivity index (χ3v) is 10.6. The van der Waals surface area contributed by atoms with E-state index >= 15 is 0 Å². The van der Waals surface area contributed by atoms with Crippen LogP contribution in [0.1, 0.15) is 63.4 Å². The van der Waals surface area contributed by atoms with Gasteiger partial charge in [-0.05, 0) is 86.1 Å². The monoisotopic (exact) mass is 616 g/mol. The minimum atomic E-state index is -0.0937. The number of Topliss-reactive ketones (excluding diaryl/α,β-unsaturated/α-hetero) is 1. The topological polar surface area (TPSA) is 65.6 Å². The summed E-state index contributed by atoms with van der Waals surface area (Å²) in [5.74, 6) is 2.11. The molecule has 0 spiro atoms. The molecule has 1 amide bonds. The Labute approximate surface area is 265 Å². The first-order valence-corrected chi connectivity index (χ1v) is 16.8. The highest BCUT2D eigenvalue weighted by Gasteiger charge is 2.38. The van der Waals surface area contributed by atoms with E-state index in [0.29, 0.717) is 30.5 Å². The highest BCUT2D eigenvalue weighted by atomic mass is 32.1. The summed E-state index contributed by atoms with van der Waals surface area (Å²) >= 11 is 1.51. The molecule has 1 aromatic heterocycles. The lowest BCUT2D eigenvalue weighted by Crippen LogP contribution is -2.46. The molecule has 4 heterocycles. The summed E-state index contributed by atoms with van der Waals surface area (Å²) in [7, 11) is 3.31. The van der Waals surface area contributed by atoms with Crippen molar-refractivity contribution in [3.05, 3.63) is 75.5 Å². The number of likely N-dealkylation sites (tertiary alicyclic amines) is 1. The summed E-state index contributed by atoms with van der Waals surface area (Å²) in [6.45, 7) is 10.2. The Kier molecular flexibility index (Phi) is 9.54. The largest absolute Gasteiger partial charge is 0.493 e. The molecule has 0 bridgehead atoms. The number of likely N-dealkylation sites (N-methyl/N-ethyl adjacent to an activating group) is 1. The van der Waals surface area contributed by atoms with Crippen LogP contribution in [0.15, 0.2) is 53.9 Å². The average molecular weight is 617 g/mol. The maximum absolute atomic E-state index is 14.1. The summed E-state index contributed by atoms with van der Waals surface area (Å²) in [6, 6.07) is 16.1. The third kappa shape index (κ3) is 6.36. The molecule has 1 unspecified atom stereocenters. The van der Waals surface area contributed by atoms with Crippen LogP contribution in [0.5, 0.6) is 11.5 Å². The van der Waals surface area contributed by atoms with Gasteiger partial charge in [0.05, 0.1) is 31.7 Å². The van der Waals surface area contributed by atoms with Crippen LogP contribution in [-0.4, -0.2) is 93.0 Å². The summed E-state index contributed by atoms with van der Waals surface area (Å²) in [4.78, 5) is 37.0. The number of carbonyl (C=O) groups excluding carboxylic acids is 2. The number of rotatable bonds is 11. The maximum Gasteiger partial charge on any atom is 0.255 e. The van der Waals surface area contributed by atoms with E-state index < -0.39 is 0 Å². The standard InChI is InChI=1S/C35H44N4O4S/c1-4-36-16-18-38(19-17-36)29-8-5-7-27-28(29)23-39(35(27)41)30(26-10-11-32(42-2)33(22-26)43-3)21-25-12-14-37(15-13-25)24-31(40)34-9-6-20-44-34/h5-11,20,22,25,30H,4,12-19,21,23-24H2,1-3H3. The van der Waals surface area contributed by atoms with Crippen LogP contribution in [0.4, 0.5) is 5.69 Å². The first kappa shape index (κ1) is 30.6. The van der Waals surface area contributed by atoms with Gasteiger partial charge in [0, 0.05) is 49.5 Å². The highest BCUT2D eigenvalue weighted by molar-refractivity contribution is 7.12. The van der Waals surface area contributed by atoms with Crippen LogP contribution < -0.4 is 14.4 Å². The lowest BCUT2D eigenvalue weighted by atomic mass is 9.86. The molecule has 44 heavy (non-hydrogen) atoms. The van der Waals surface area contributed by atoms with Gasteiger partial charge in [-0.3, -0.25) is 14.5 Å². The molecule has 9 heteroatoms. The molecular formula is C35H44N4O4S. The van der Waals surface area contributed by atoms with Crippen molar-refractivity contribution >= 4 is 28.7 Å². The minimum absolute atomic E-state index is 0.0937. The van der Waals surface area contributed by atoms with Gasteiger partial charge >= 0.3 is 0 Å². The van der Waals surface area contributed by atoms with Crippen LogP contribution in [0.3, 0.4) is 0 Å². The van der Waals surface area contributed by atoms with Crippen molar-refractivity contribution in [1.29, 1.82) is 0 Å². The van der Waals surface area contributed by atoms with Gasteiger partial charge in [-0.25, -0.2) is 0 Å². The molecule has 1 atom stereocenters. The SMILES string of the molecule is CCN1CCN(c2cccc3c2CN(C(CC2CCN(CC(=O)c4cccs4)CC2)c2ccc(OC)c(OC)c2)C3=O)CC1. The van der Waals surface area contributed by atoms with Crippen molar-refractivity contribution in [3.8, 4) is 11.5 Å². The minimum Gasteiger partial charge on any atom is -0.493 e. The van der Waals surface area contributed by atoms with Gasteiger partial charge < -0.3 is 24.2 Å². The van der Waals surface area contributed by atoms with E-state index in [1.54, 1.807) is 14.2 Å². The van der Waals surface area contributed by atoms with Crippen LogP contribution in [-0.2, 0) is 6.54 Å². The molecule has 234 valence electrons. The first-order valence-electron chi connectivity index (χ1n) is 15.9. The summed E-state index contributed by atoms with van der Waals surface area (Å²) < 4.78 is 11.2. The number of ketones is 1. The van der Waals surface area contributed by atoms with Crippen molar-refractivity contribution in [2.75, 3.05) is 71.5 Å². The fourth-order valence-corrected chi connectivity index (χ4v) is 7.77. The zero-order valence-electron chi connectivity index (χ0n) is 26.2. The third-order valence-electron chi connectivity index (χ3n) is 9.73. The predicted molar refractivity (Wildman–Crippen MR) is 175 cm³/mol. The number of anilines is 1. The van der Waals surface area contributed by atoms with Crippen molar-refractivity contribution in [2.24, 2.45) is 5.92 Å². The van der Waals surface area contributed by atoms with E-state index in [4.69, 9.17) is 9.47 Å². The maximum atomic E-state index is 14.1. The van der Waals surface area contributed by atoms with Gasteiger partial charge in [0.2, 0.25) is 0 Å². The van der Waals surface area contributed by atoms with E-state index in [1.807, 2.05) is 41.8 Å². The van der Waals surface area contributed by atoms with Crippen LogP contribution in [0.25, 0.3) is 0 Å². The fourth-order valence-electron chi connectivity index (χ4n) is 7.11. The molecule has 2 aromatic carbocycles. The number of carbonyl (C=O) groups is 2. The number of amides is 1. The molecule has 2 fully saturated rings. The predicted octanol–water partition coefficient (Wildman–Crippen LogP) is 5.59. The zero-order valence-corrected chi connectivity index (χ0v) is 27.0. The molecule has 0 saturated carbocycles. The number of thiophene rings is 1. The Morgan fingerprint density at radius 1 is 0.932 bits per heavy atom. The molecule has 3 aromatic rings. The second-order valence-electron chi connectivity index (χ2n) is 12.1. The van der Waals surface area contributed by atoms with E-state index in [0.717, 1.165) is 86.6 Å². The second kappa shape index (κ2) is 13.7. The number of fused-ring (bicyclic) bond motifs is 1. The van der Waals surface area contributed by atoms with Crippen LogP contribution >= 0.6 is 11.3 Å². The van der Waals surface area contributed by atoms with Gasteiger partial charge in [0.15, 0.2) is 17.3 Å². The van der Waals surface area contributed by atoms with Gasteiger partial charge in [0.1, 0.15) is 0 Å². The Morgan fingerprint density at radius 2 is 1.70 bits per heavy atom. The summed E-state index contributed by atoms with van der Waals surface area (Å²) in [6.07, 6.45) is 2.87. The number of piperazine rings is 1. The Balaban J connectivity index is 1.22.